The number of aromatic nitrogens is 2. The van der Waals surface area contributed by atoms with Crippen LogP contribution in [-0.2, 0) is 11.2 Å². The first-order valence-electron chi connectivity index (χ1n) is 6.56. The van der Waals surface area contributed by atoms with Crippen LogP contribution in [-0.4, -0.2) is 21.0 Å². The average Bonchev–Trinajstić information content (AvgIpc) is 3.09. The van der Waals surface area contributed by atoms with E-state index in [-0.39, 0.29) is 11.8 Å². The lowest BCUT2D eigenvalue weighted by atomic mass is 10.1. The fourth-order valence-corrected chi connectivity index (χ4v) is 2.36. The minimum Gasteiger partial charge on any atom is -0.481 e. The Morgan fingerprint density at radius 1 is 1.42 bits per heavy atom. The Kier molecular flexibility index (Phi) is 2.85. The fourth-order valence-electron chi connectivity index (χ4n) is 2.36. The zero-order chi connectivity index (χ0) is 13.4. The number of H-pyrrole nitrogens is 1. The van der Waals surface area contributed by atoms with Crippen molar-refractivity contribution in [3.8, 4) is 11.3 Å². The van der Waals surface area contributed by atoms with Crippen LogP contribution in [0.5, 0.6) is 0 Å². The zero-order valence-electron chi connectivity index (χ0n) is 10.8. The number of hydrogen-bond acceptors (Lipinski definition) is 2. The number of aliphatic carboxylic acids is 1. The molecule has 2 unspecified atom stereocenters. The third-order valence-corrected chi connectivity index (χ3v) is 3.73. The summed E-state index contributed by atoms with van der Waals surface area (Å²) in [6.45, 7) is 2.13. The minimum absolute atomic E-state index is 0.0566. The van der Waals surface area contributed by atoms with Crippen LogP contribution >= 0.6 is 0 Å². The number of carboxylic acids is 1. The van der Waals surface area contributed by atoms with Crippen LogP contribution in [0.4, 0.5) is 0 Å². The van der Waals surface area contributed by atoms with Crippen molar-refractivity contribution in [2.45, 2.75) is 25.7 Å². The summed E-state index contributed by atoms with van der Waals surface area (Å²) in [5.74, 6) is -0.139. The lowest BCUT2D eigenvalue weighted by molar-refractivity contribution is -0.138. The highest BCUT2D eigenvalue weighted by atomic mass is 16.4. The Hall–Kier alpha value is -2.10. The summed E-state index contributed by atoms with van der Waals surface area (Å²) in [4.78, 5) is 18.4. The van der Waals surface area contributed by atoms with E-state index in [9.17, 15) is 4.79 Å². The van der Waals surface area contributed by atoms with Gasteiger partial charge in [0.2, 0.25) is 0 Å². The van der Waals surface area contributed by atoms with E-state index in [0.717, 1.165) is 23.5 Å². The maximum absolute atomic E-state index is 10.9. The number of aryl methyl sites for hydroxylation is 1. The van der Waals surface area contributed by atoms with Crippen LogP contribution in [0.25, 0.3) is 11.3 Å². The lowest BCUT2D eigenvalue weighted by Gasteiger charge is -2.00. The van der Waals surface area contributed by atoms with E-state index in [1.807, 2.05) is 0 Å². The highest BCUT2D eigenvalue weighted by Crippen LogP contribution is 2.46. The summed E-state index contributed by atoms with van der Waals surface area (Å²) in [6, 6.07) is 8.34. The Morgan fingerprint density at radius 3 is 2.74 bits per heavy atom. The molecule has 1 fully saturated rings. The molecule has 0 radical (unpaired) electrons. The molecule has 1 aromatic heterocycles. The summed E-state index contributed by atoms with van der Waals surface area (Å²) < 4.78 is 0. The second kappa shape index (κ2) is 4.53. The number of carboxylic acid groups (broad SMARTS) is 1. The molecular weight excluding hydrogens is 240 g/mol. The van der Waals surface area contributed by atoms with Gasteiger partial charge < -0.3 is 10.1 Å². The first kappa shape index (κ1) is 12.0. The van der Waals surface area contributed by atoms with E-state index in [1.54, 1.807) is 6.20 Å². The number of imidazole rings is 1. The van der Waals surface area contributed by atoms with E-state index in [4.69, 9.17) is 5.11 Å². The van der Waals surface area contributed by atoms with Crippen molar-refractivity contribution in [1.82, 2.24) is 9.97 Å². The third kappa shape index (κ3) is 2.26. The highest BCUT2D eigenvalue weighted by molar-refractivity contribution is 5.75. The number of nitrogens with zero attached hydrogens (tertiary/aromatic N) is 1. The van der Waals surface area contributed by atoms with Crippen molar-refractivity contribution >= 4 is 5.97 Å². The first-order valence-corrected chi connectivity index (χ1v) is 6.56. The Morgan fingerprint density at radius 2 is 2.16 bits per heavy atom. The number of rotatable bonds is 4. The molecule has 4 heteroatoms. The Balaban J connectivity index is 1.79. The second-order valence-electron chi connectivity index (χ2n) is 5.02. The number of aromatic amines is 1. The van der Waals surface area contributed by atoms with Crippen molar-refractivity contribution in [1.29, 1.82) is 0 Å². The van der Waals surface area contributed by atoms with Crippen molar-refractivity contribution in [2.75, 3.05) is 0 Å². The van der Waals surface area contributed by atoms with Crippen molar-refractivity contribution in [3.05, 3.63) is 41.9 Å². The van der Waals surface area contributed by atoms with Crippen LogP contribution < -0.4 is 0 Å². The number of carbonyl (C=O) groups is 1. The Labute approximate surface area is 111 Å². The third-order valence-electron chi connectivity index (χ3n) is 3.73. The summed E-state index contributed by atoms with van der Waals surface area (Å²) in [6.07, 6.45) is 3.50. The van der Waals surface area contributed by atoms with Crippen molar-refractivity contribution in [3.63, 3.8) is 0 Å². The molecule has 1 aliphatic carbocycles. The standard InChI is InChI=1S/C15H16N2O2/c1-2-9-3-5-10(6-4-9)13-8-16-14(17-13)11-7-12(11)15(18)19/h3-6,8,11-12H,2,7H2,1H3,(H,16,17)(H,18,19). The van der Waals surface area contributed by atoms with Crippen LogP contribution in [0.3, 0.4) is 0 Å². The van der Waals surface area contributed by atoms with Crippen LogP contribution in [0.1, 0.15) is 30.7 Å². The van der Waals surface area contributed by atoms with Gasteiger partial charge in [-0.15, -0.1) is 0 Å². The number of benzene rings is 1. The number of hydrogen-bond donors (Lipinski definition) is 2. The van der Waals surface area contributed by atoms with Gasteiger partial charge in [0.25, 0.3) is 0 Å². The van der Waals surface area contributed by atoms with Crippen molar-refractivity contribution < 1.29 is 9.90 Å². The molecule has 0 aliphatic heterocycles. The van der Waals surface area contributed by atoms with E-state index in [2.05, 4.69) is 41.2 Å². The van der Waals surface area contributed by atoms with E-state index in [1.165, 1.54) is 5.56 Å². The predicted molar refractivity (Wildman–Crippen MR) is 71.9 cm³/mol. The van der Waals surface area contributed by atoms with Gasteiger partial charge in [-0.2, -0.15) is 0 Å². The molecule has 0 bridgehead atoms. The van der Waals surface area contributed by atoms with Gasteiger partial charge in [-0.25, -0.2) is 4.98 Å². The molecular formula is C15H16N2O2. The van der Waals surface area contributed by atoms with E-state index >= 15 is 0 Å². The van der Waals surface area contributed by atoms with Gasteiger partial charge >= 0.3 is 5.97 Å². The lowest BCUT2D eigenvalue weighted by Crippen LogP contribution is -1.99. The highest BCUT2D eigenvalue weighted by Gasteiger charge is 2.46. The second-order valence-corrected chi connectivity index (χ2v) is 5.02. The molecule has 2 N–H and O–H groups in total. The normalized spacial score (nSPS) is 21.3. The van der Waals surface area contributed by atoms with E-state index < -0.39 is 5.97 Å². The molecule has 1 aromatic carbocycles. The summed E-state index contributed by atoms with van der Waals surface area (Å²) in [5.41, 5.74) is 3.34. The van der Waals surface area contributed by atoms with Gasteiger partial charge in [-0.3, -0.25) is 4.79 Å². The topological polar surface area (TPSA) is 66.0 Å². The smallest absolute Gasteiger partial charge is 0.307 e. The van der Waals surface area contributed by atoms with Gasteiger partial charge in [-0.1, -0.05) is 31.2 Å². The van der Waals surface area contributed by atoms with Crippen molar-refractivity contribution in [2.24, 2.45) is 5.92 Å². The maximum Gasteiger partial charge on any atom is 0.307 e. The predicted octanol–water partition coefficient (Wildman–Crippen LogP) is 2.83. The minimum atomic E-state index is -0.727. The maximum atomic E-state index is 10.9. The van der Waals surface area contributed by atoms with Gasteiger partial charge in [0.15, 0.2) is 0 Å². The molecule has 19 heavy (non-hydrogen) atoms. The SMILES string of the molecule is CCc1ccc(-c2cnc(C3CC3C(=O)O)[nH]2)cc1. The molecule has 3 rings (SSSR count). The molecule has 0 spiro atoms. The fraction of sp³-hybridized carbons (Fsp3) is 0.333. The van der Waals surface area contributed by atoms with Gasteiger partial charge in [0.05, 0.1) is 17.8 Å². The molecule has 0 saturated heterocycles. The molecule has 4 nitrogen and oxygen atoms in total. The van der Waals surface area contributed by atoms with Crippen LogP contribution in [0.15, 0.2) is 30.5 Å². The quantitative estimate of drug-likeness (QED) is 0.884. The van der Waals surface area contributed by atoms with Gasteiger partial charge in [0, 0.05) is 5.92 Å². The molecule has 2 aromatic rings. The van der Waals surface area contributed by atoms with Gasteiger partial charge in [0.1, 0.15) is 5.82 Å². The largest absolute Gasteiger partial charge is 0.481 e. The van der Waals surface area contributed by atoms with E-state index in [0.29, 0.717) is 6.42 Å². The summed E-state index contributed by atoms with van der Waals surface area (Å²) >= 11 is 0. The molecule has 1 aliphatic rings. The molecule has 98 valence electrons. The van der Waals surface area contributed by atoms with Gasteiger partial charge in [-0.05, 0) is 24.0 Å². The monoisotopic (exact) mass is 256 g/mol. The number of nitrogens with one attached hydrogen (secondary N) is 1. The molecule has 1 saturated carbocycles. The zero-order valence-corrected chi connectivity index (χ0v) is 10.8. The Bertz CT molecular complexity index is 601. The summed E-state index contributed by atoms with van der Waals surface area (Å²) in [5, 5.41) is 8.92. The molecule has 1 heterocycles. The van der Waals surface area contributed by atoms with Crippen LogP contribution in [0, 0.1) is 5.92 Å². The summed E-state index contributed by atoms with van der Waals surface area (Å²) in [7, 11) is 0. The van der Waals surface area contributed by atoms with Crippen LogP contribution in [0.2, 0.25) is 0 Å². The first-order chi connectivity index (χ1) is 9.19. The average molecular weight is 256 g/mol. The molecule has 0 amide bonds. The molecule has 2 atom stereocenters.